The Labute approximate surface area is 94.3 Å². The molecule has 15 heavy (non-hydrogen) atoms. The molecule has 5 heteroatoms. The van der Waals surface area contributed by atoms with Crippen LogP contribution in [0.4, 0.5) is 5.69 Å². The van der Waals surface area contributed by atoms with Crippen LogP contribution < -0.4 is 11.3 Å². The van der Waals surface area contributed by atoms with E-state index in [-0.39, 0.29) is 5.56 Å². The highest BCUT2D eigenvalue weighted by molar-refractivity contribution is 9.10. The third kappa shape index (κ3) is 2.07. The third-order valence-electron chi connectivity index (χ3n) is 1.97. The molecule has 0 aliphatic carbocycles. The summed E-state index contributed by atoms with van der Waals surface area (Å²) in [5.41, 5.74) is 7.72. The lowest BCUT2D eigenvalue weighted by atomic mass is 10.1. The zero-order chi connectivity index (χ0) is 10.8. The van der Waals surface area contributed by atoms with E-state index in [0.717, 1.165) is 10.0 Å². The first kappa shape index (κ1) is 9.92. The number of halogens is 1. The number of nitrogens with two attached hydrogens (primary N) is 1. The van der Waals surface area contributed by atoms with Crippen LogP contribution in [0.15, 0.2) is 39.6 Å². The average molecular weight is 266 g/mol. The third-order valence-corrected chi connectivity index (χ3v) is 2.69. The van der Waals surface area contributed by atoms with E-state index in [1.54, 1.807) is 12.1 Å². The molecule has 1 aromatic carbocycles. The Morgan fingerprint density at radius 1 is 1.27 bits per heavy atom. The maximum absolute atomic E-state index is 10.8. The van der Waals surface area contributed by atoms with Crippen molar-refractivity contribution in [1.82, 2.24) is 10.2 Å². The normalized spacial score (nSPS) is 10.2. The molecule has 0 bridgehead atoms. The van der Waals surface area contributed by atoms with Crippen LogP contribution >= 0.6 is 15.9 Å². The molecular weight excluding hydrogens is 258 g/mol. The molecule has 0 spiro atoms. The number of hydrogen-bond donors (Lipinski definition) is 2. The smallest absolute Gasteiger partial charge is 0.264 e. The predicted octanol–water partition coefficient (Wildman–Crippen LogP) is 1.78. The highest BCUT2D eigenvalue weighted by Gasteiger charge is 2.01. The van der Waals surface area contributed by atoms with Gasteiger partial charge in [0.2, 0.25) is 0 Å². The molecule has 3 N–H and O–H groups in total. The molecule has 4 nitrogen and oxygen atoms in total. The SMILES string of the molecule is Nc1cc(-c2ccc(=O)[nH]n2)ccc1Br. The second-order valence-corrected chi connectivity index (χ2v) is 3.90. The average Bonchev–Trinajstić information content (AvgIpc) is 2.23. The molecule has 0 aliphatic rings. The summed E-state index contributed by atoms with van der Waals surface area (Å²) in [5, 5.41) is 6.29. The second kappa shape index (κ2) is 3.86. The lowest BCUT2D eigenvalue weighted by Crippen LogP contribution is -2.05. The number of nitrogens with zero attached hydrogens (tertiary/aromatic N) is 1. The fourth-order valence-electron chi connectivity index (χ4n) is 1.21. The lowest BCUT2D eigenvalue weighted by molar-refractivity contribution is 0.995. The van der Waals surface area contributed by atoms with Crippen LogP contribution in [-0.2, 0) is 0 Å². The quantitative estimate of drug-likeness (QED) is 0.773. The first-order valence-electron chi connectivity index (χ1n) is 4.28. The number of hydrogen-bond acceptors (Lipinski definition) is 3. The Bertz CT molecular complexity index is 530. The van der Waals surface area contributed by atoms with Crippen molar-refractivity contribution < 1.29 is 0 Å². The Morgan fingerprint density at radius 2 is 2.07 bits per heavy atom. The van der Waals surface area contributed by atoms with E-state index < -0.39 is 0 Å². The molecule has 0 unspecified atom stereocenters. The number of nitrogen functional groups attached to an aromatic ring is 1. The second-order valence-electron chi connectivity index (χ2n) is 3.04. The van der Waals surface area contributed by atoms with Crippen LogP contribution in [0.2, 0.25) is 0 Å². The number of aromatic nitrogens is 2. The monoisotopic (exact) mass is 265 g/mol. The van der Waals surface area contributed by atoms with Crippen LogP contribution in [0.25, 0.3) is 11.3 Å². The zero-order valence-electron chi connectivity index (χ0n) is 7.70. The number of nitrogens with one attached hydrogen (secondary N) is 1. The molecule has 1 heterocycles. The highest BCUT2D eigenvalue weighted by atomic mass is 79.9. The minimum absolute atomic E-state index is 0.219. The number of aromatic amines is 1. The standard InChI is InChI=1S/C10H8BrN3O/c11-7-2-1-6(5-8(7)12)9-3-4-10(15)14-13-9/h1-5H,12H2,(H,14,15). The first-order chi connectivity index (χ1) is 7.16. The van der Waals surface area contributed by atoms with Gasteiger partial charge in [-0.05, 0) is 34.1 Å². The maximum Gasteiger partial charge on any atom is 0.264 e. The van der Waals surface area contributed by atoms with Crippen molar-refractivity contribution in [3.63, 3.8) is 0 Å². The van der Waals surface area contributed by atoms with Gasteiger partial charge in [0.25, 0.3) is 5.56 Å². The summed E-state index contributed by atoms with van der Waals surface area (Å²) in [4.78, 5) is 10.8. The largest absolute Gasteiger partial charge is 0.398 e. The van der Waals surface area contributed by atoms with Gasteiger partial charge in [-0.25, -0.2) is 5.10 Å². The minimum atomic E-state index is -0.219. The Morgan fingerprint density at radius 3 is 2.67 bits per heavy atom. The first-order valence-corrected chi connectivity index (χ1v) is 5.07. The Kier molecular flexibility index (Phi) is 2.55. The molecule has 2 rings (SSSR count). The van der Waals surface area contributed by atoms with Crippen molar-refractivity contribution in [3.05, 3.63) is 45.2 Å². The highest BCUT2D eigenvalue weighted by Crippen LogP contribution is 2.25. The Hall–Kier alpha value is -1.62. The van der Waals surface area contributed by atoms with Crippen molar-refractivity contribution in [2.75, 3.05) is 5.73 Å². The lowest BCUT2D eigenvalue weighted by Gasteiger charge is -2.02. The van der Waals surface area contributed by atoms with Gasteiger partial charge < -0.3 is 5.73 Å². The van der Waals surface area contributed by atoms with Gasteiger partial charge in [0.1, 0.15) is 0 Å². The van der Waals surface area contributed by atoms with Gasteiger partial charge in [-0.15, -0.1) is 0 Å². The van der Waals surface area contributed by atoms with Crippen LogP contribution in [0, 0.1) is 0 Å². The van der Waals surface area contributed by atoms with Crippen LogP contribution in [0.5, 0.6) is 0 Å². The van der Waals surface area contributed by atoms with Gasteiger partial charge in [0, 0.05) is 21.8 Å². The molecule has 0 saturated heterocycles. The van der Waals surface area contributed by atoms with E-state index in [4.69, 9.17) is 5.73 Å². The molecule has 0 fully saturated rings. The van der Waals surface area contributed by atoms with E-state index in [1.165, 1.54) is 6.07 Å². The van der Waals surface area contributed by atoms with Gasteiger partial charge in [-0.2, -0.15) is 5.10 Å². The van der Waals surface area contributed by atoms with Crippen LogP contribution in [0.1, 0.15) is 0 Å². The molecule has 0 atom stereocenters. The fraction of sp³-hybridized carbons (Fsp3) is 0. The molecule has 0 amide bonds. The maximum atomic E-state index is 10.8. The fourth-order valence-corrected chi connectivity index (χ4v) is 1.45. The van der Waals surface area contributed by atoms with Crippen LogP contribution in [0.3, 0.4) is 0 Å². The summed E-state index contributed by atoms with van der Waals surface area (Å²) in [6, 6.07) is 8.60. The number of anilines is 1. The van der Waals surface area contributed by atoms with E-state index >= 15 is 0 Å². The van der Waals surface area contributed by atoms with E-state index in [9.17, 15) is 4.79 Å². The predicted molar refractivity (Wildman–Crippen MR) is 62.4 cm³/mol. The zero-order valence-corrected chi connectivity index (χ0v) is 9.28. The van der Waals surface area contributed by atoms with E-state index in [0.29, 0.717) is 11.4 Å². The summed E-state index contributed by atoms with van der Waals surface area (Å²) in [6.45, 7) is 0. The molecule has 2 aromatic rings. The molecule has 76 valence electrons. The summed E-state index contributed by atoms with van der Waals surface area (Å²) in [6.07, 6.45) is 0. The van der Waals surface area contributed by atoms with Crippen LogP contribution in [-0.4, -0.2) is 10.2 Å². The molecule has 1 aromatic heterocycles. The van der Waals surface area contributed by atoms with Crippen molar-refractivity contribution >= 4 is 21.6 Å². The molecular formula is C10H8BrN3O. The van der Waals surface area contributed by atoms with Crippen molar-refractivity contribution in [2.45, 2.75) is 0 Å². The minimum Gasteiger partial charge on any atom is -0.398 e. The Balaban J connectivity index is 2.50. The number of H-pyrrole nitrogens is 1. The van der Waals surface area contributed by atoms with E-state index in [1.807, 2.05) is 12.1 Å². The number of benzene rings is 1. The van der Waals surface area contributed by atoms with Gasteiger partial charge in [0.15, 0.2) is 0 Å². The summed E-state index contributed by atoms with van der Waals surface area (Å²) in [5.74, 6) is 0. The van der Waals surface area contributed by atoms with Crippen molar-refractivity contribution in [1.29, 1.82) is 0 Å². The number of rotatable bonds is 1. The van der Waals surface area contributed by atoms with Crippen molar-refractivity contribution in [3.8, 4) is 11.3 Å². The molecule has 0 saturated carbocycles. The summed E-state index contributed by atoms with van der Waals surface area (Å²) >= 11 is 3.31. The molecule has 0 radical (unpaired) electrons. The summed E-state index contributed by atoms with van der Waals surface area (Å²) < 4.78 is 0.843. The van der Waals surface area contributed by atoms with E-state index in [2.05, 4.69) is 26.1 Å². The topological polar surface area (TPSA) is 71.8 Å². The van der Waals surface area contributed by atoms with Gasteiger partial charge >= 0.3 is 0 Å². The van der Waals surface area contributed by atoms with Gasteiger partial charge in [-0.3, -0.25) is 4.79 Å². The van der Waals surface area contributed by atoms with Gasteiger partial charge in [-0.1, -0.05) is 6.07 Å². The van der Waals surface area contributed by atoms with Gasteiger partial charge in [0.05, 0.1) is 5.69 Å². The summed E-state index contributed by atoms with van der Waals surface area (Å²) in [7, 11) is 0. The molecule has 0 aliphatic heterocycles. The van der Waals surface area contributed by atoms with Crippen molar-refractivity contribution in [2.24, 2.45) is 0 Å².